The van der Waals surface area contributed by atoms with Gasteiger partial charge in [0.05, 0.1) is 0 Å². The lowest BCUT2D eigenvalue weighted by atomic mass is 9.96. The van der Waals surface area contributed by atoms with Crippen molar-refractivity contribution in [1.29, 1.82) is 0 Å². The van der Waals surface area contributed by atoms with Crippen molar-refractivity contribution in [2.45, 2.75) is 41.5 Å². The molecule has 2 rings (SSSR count). The first-order valence-corrected chi connectivity index (χ1v) is 7.78. The van der Waals surface area contributed by atoms with E-state index in [0.717, 1.165) is 0 Å². The first-order chi connectivity index (χ1) is 9.98. The number of carbonyl (C=O) groups is 2. The summed E-state index contributed by atoms with van der Waals surface area (Å²) in [5.74, 6) is 0.190. The van der Waals surface area contributed by atoms with Crippen molar-refractivity contribution in [3.63, 3.8) is 0 Å². The molecule has 0 aliphatic heterocycles. The van der Waals surface area contributed by atoms with Crippen LogP contribution < -0.4 is 10.6 Å². The number of carbonyl (C=O) groups excluding carboxylic acids is 2. The minimum Gasteiger partial charge on any atom is -0.308 e. The Kier molecular flexibility index (Phi) is 3.99. The van der Waals surface area contributed by atoms with Crippen LogP contribution in [0, 0.1) is 10.8 Å². The van der Waals surface area contributed by atoms with E-state index in [1.165, 1.54) is 11.3 Å². The topological polar surface area (TPSA) is 99.8 Å². The highest BCUT2D eigenvalue weighted by molar-refractivity contribution is 7.22. The van der Waals surface area contributed by atoms with Crippen molar-refractivity contribution in [3.05, 3.63) is 0 Å². The fourth-order valence-corrected chi connectivity index (χ4v) is 2.29. The maximum Gasteiger partial charge on any atom is 0.231 e. The van der Waals surface area contributed by atoms with E-state index in [0.29, 0.717) is 21.3 Å². The molecule has 0 fully saturated rings. The standard InChI is InChI=1S/C14H21N5O2S/c1-13(2,3)10(20)15-8-7-9(19-18-8)16-12(22-7)17-11(21)14(4,5)6/h1-6H3,(H3,15,16,17,18,19,20,21). The molecule has 0 atom stereocenters. The summed E-state index contributed by atoms with van der Waals surface area (Å²) in [5.41, 5.74) is -0.474. The monoisotopic (exact) mass is 323 g/mol. The zero-order valence-electron chi connectivity index (χ0n) is 13.6. The van der Waals surface area contributed by atoms with Crippen molar-refractivity contribution in [2.24, 2.45) is 10.8 Å². The van der Waals surface area contributed by atoms with Crippen molar-refractivity contribution < 1.29 is 9.59 Å². The minimum atomic E-state index is -0.515. The molecular weight excluding hydrogens is 302 g/mol. The normalized spacial score (nSPS) is 12.5. The van der Waals surface area contributed by atoms with E-state index >= 15 is 0 Å². The SMILES string of the molecule is CC(C)(C)C(=O)Nc1nc2[nH]nc(NC(=O)C(C)(C)C)c2s1. The van der Waals surface area contributed by atoms with E-state index < -0.39 is 10.8 Å². The van der Waals surface area contributed by atoms with Crippen LogP contribution in [0.3, 0.4) is 0 Å². The first kappa shape index (κ1) is 16.4. The molecule has 2 amide bonds. The Hall–Kier alpha value is -1.96. The van der Waals surface area contributed by atoms with Crippen LogP contribution in [0.5, 0.6) is 0 Å². The Morgan fingerprint density at radius 3 is 2.09 bits per heavy atom. The second kappa shape index (κ2) is 5.35. The molecule has 0 aliphatic rings. The second-order valence-corrected chi connectivity index (χ2v) is 8.18. The zero-order valence-corrected chi connectivity index (χ0v) is 14.4. The number of thiazole rings is 1. The van der Waals surface area contributed by atoms with Crippen molar-refractivity contribution >= 4 is 44.4 Å². The predicted molar refractivity (Wildman–Crippen MR) is 87.9 cm³/mol. The number of amides is 2. The van der Waals surface area contributed by atoms with Gasteiger partial charge in [-0.1, -0.05) is 52.9 Å². The fraction of sp³-hybridized carbons (Fsp3) is 0.571. The molecule has 8 heteroatoms. The fourth-order valence-electron chi connectivity index (χ4n) is 1.43. The Balaban J connectivity index is 2.22. The molecule has 0 radical (unpaired) electrons. The van der Waals surface area contributed by atoms with E-state index in [1.807, 2.05) is 41.5 Å². The lowest BCUT2D eigenvalue weighted by Crippen LogP contribution is -2.27. The van der Waals surface area contributed by atoms with Crippen LogP contribution in [0.2, 0.25) is 0 Å². The van der Waals surface area contributed by atoms with Crippen LogP contribution in [-0.2, 0) is 9.59 Å². The van der Waals surface area contributed by atoms with E-state index in [4.69, 9.17) is 0 Å². The highest BCUT2D eigenvalue weighted by atomic mass is 32.1. The van der Waals surface area contributed by atoms with Gasteiger partial charge >= 0.3 is 0 Å². The third-order valence-electron chi connectivity index (χ3n) is 2.93. The molecule has 0 saturated carbocycles. The van der Waals surface area contributed by atoms with Crippen molar-refractivity contribution in [1.82, 2.24) is 15.2 Å². The second-order valence-electron chi connectivity index (χ2n) is 7.18. The molecule has 0 unspecified atom stereocenters. The number of H-pyrrole nitrogens is 1. The van der Waals surface area contributed by atoms with Gasteiger partial charge in [0, 0.05) is 10.8 Å². The van der Waals surface area contributed by atoms with Crippen molar-refractivity contribution in [2.75, 3.05) is 10.6 Å². The van der Waals surface area contributed by atoms with Crippen LogP contribution in [0.25, 0.3) is 10.3 Å². The van der Waals surface area contributed by atoms with Crippen LogP contribution in [-0.4, -0.2) is 27.0 Å². The number of aromatic nitrogens is 3. The number of hydrogen-bond acceptors (Lipinski definition) is 5. The molecule has 0 aromatic carbocycles. The predicted octanol–water partition coefficient (Wildman–Crippen LogP) is 2.99. The van der Waals surface area contributed by atoms with E-state index in [-0.39, 0.29) is 11.8 Å². The molecule has 3 N–H and O–H groups in total. The number of hydrogen-bond donors (Lipinski definition) is 3. The summed E-state index contributed by atoms with van der Waals surface area (Å²) < 4.78 is 0.710. The number of nitrogens with zero attached hydrogens (tertiary/aromatic N) is 2. The maximum absolute atomic E-state index is 12.0. The van der Waals surface area contributed by atoms with Gasteiger partial charge in [0.15, 0.2) is 16.6 Å². The van der Waals surface area contributed by atoms with E-state index in [2.05, 4.69) is 25.8 Å². The molecule has 2 aromatic rings. The van der Waals surface area contributed by atoms with E-state index in [9.17, 15) is 9.59 Å². The molecule has 0 saturated heterocycles. The van der Waals surface area contributed by atoms with Gasteiger partial charge in [-0.05, 0) is 0 Å². The average molecular weight is 323 g/mol. The minimum absolute atomic E-state index is 0.114. The molecule has 120 valence electrons. The first-order valence-electron chi connectivity index (χ1n) is 6.96. The summed E-state index contributed by atoms with van der Waals surface area (Å²) in [6, 6.07) is 0. The third kappa shape index (κ3) is 3.44. The maximum atomic E-state index is 12.0. The largest absolute Gasteiger partial charge is 0.308 e. The van der Waals surface area contributed by atoms with Gasteiger partial charge in [-0.2, -0.15) is 5.10 Å². The van der Waals surface area contributed by atoms with Crippen LogP contribution in [0.4, 0.5) is 10.9 Å². The molecule has 0 bridgehead atoms. The van der Waals surface area contributed by atoms with Gasteiger partial charge in [-0.15, -0.1) is 0 Å². The molecule has 7 nitrogen and oxygen atoms in total. The van der Waals surface area contributed by atoms with Gasteiger partial charge < -0.3 is 10.6 Å². The Morgan fingerprint density at radius 1 is 1.00 bits per heavy atom. The van der Waals surface area contributed by atoms with Gasteiger partial charge in [-0.3, -0.25) is 14.7 Å². The number of rotatable bonds is 2. The number of anilines is 2. The van der Waals surface area contributed by atoms with Gasteiger partial charge in [-0.25, -0.2) is 4.98 Å². The Bertz CT molecular complexity index is 718. The van der Waals surface area contributed by atoms with E-state index in [1.54, 1.807) is 0 Å². The summed E-state index contributed by atoms with van der Waals surface area (Å²) in [7, 11) is 0. The van der Waals surface area contributed by atoms with Gasteiger partial charge in [0.25, 0.3) is 0 Å². The highest BCUT2D eigenvalue weighted by Gasteiger charge is 2.25. The summed E-state index contributed by atoms with van der Waals surface area (Å²) in [6.45, 7) is 11.0. The van der Waals surface area contributed by atoms with Crippen LogP contribution >= 0.6 is 11.3 Å². The number of aromatic amines is 1. The molecule has 22 heavy (non-hydrogen) atoms. The third-order valence-corrected chi connectivity index (χ3v) is 3.91. The van der Waals surface area contributed by atoms with Gasteiger partial charge in [0.2, 0.25) is 11.8 Å². The van der Waals surface area contributed by atoms with Crippen molar-refractivity contribution in [3.8, 4) is 0 Å². The van der Waals surface area contributed by atoms with Crippen LogP contribution in [0.15, 0.2) is 0 Å². The lowest BCUT2D eigenvalue weighted by Gasteiger charge is -2.16. The molecule has 2 aromatic heterocycles. The molecule has 0 aliphatic carbocycles. The Morgan fingerprint density at radius 2 is 1.55 bits per heavy atom. The summed E-state index contributed by atoms with van der Waals surface area (Å²) in [4.78, 5) is 28.3. The molecular formula is C14H21N5O2S. The zero-order chi connectivity index (χ0) is 16.7. The van der Waals surface area contributed by atoms with Crippen LogP contribution in [0.1, 0.15) is 41.5 Å². The average Bonchev–Trinajstić information content (AvgIpc) is 2.88. The number of nitrogens with one attached hydrogen (secondary N) is 3. The summed E-state index contributed by atoms with van der Waals surface area (Å²) >= 11 is 1.28. The number of fused-ring (bicyclic) bond motifs is 1. The molecule has 2 heterocycles. The molecule has 0 spiro atoms. The summed E-state index contributed by atoms with van der Waals surface area (Å²) in [5, 5.41) is 12.9. The highest BCUT2D eigenvalue weighted by Crippen LogP contribution is 2.32. The quantitative estimate of drug-likeness (QED) is 0.791. The smallest absolute Gasteiger partial charge is 0.231 e. The lowest BCUT2D eigenvalue weighted by molar-refractivity contribution is -0.123. The summed E-state index contributed by atoms with van der Waals surface area (Å²) in [6.07, 6.45) is 0. The van der Waals surface area contributed by atoms with Gasteiger partial charge in [0.1, 0.15) is 4.70 Å². The Labute approximate surface area is 132 Å².